The molecule has 146 valence electrons. The van der Waals surface area contributed by atoms with Gasteiger partial charge in [-0.25, -0.2) is 9.97 Å². The summed E-state index contributed by atoms with van der Waals surface area (Å²) in [5.41, 5.74) is 1.85. The SMILES string of the molecule is CC(C)NCCC(=O)N1CCN(c2ncnc3c2[C@H](C)C[C@H]3O)CC1.Cl. The lowest BCUT2D eigenvalue weighted by molar-refractivity contribution is -0.131. The predicted octanol–water partition coefficient (Wildman–Crippen LogP) is 1.48. The standard InChI is InChI=1S/C18H29N5O2.ClH/c1-12(2)19-5-4-15(25)22-6-8-23(9-7-22)18-16-13(3)10-14(24)17(16)20-11-21-18;/h11-14,19,24H,4-10H2,1-3H3;1H/t13-,14-;/m1./s1. The van der Waals surface area contributed by atoms with Crippen molar-refractivity contribution < 1.29 is 9.90 Å². The molecule has 8 heteroatoms. The maximum Gasteiger partial charge on any atom is 0.223 e. The summed E-state index contributed by atoms with van der Waals surface area (Å²) >= 11 is 0. The van der Waals surface area contributed by atoms with E-state index in [1.165, 1.54) is 0 Å². The first-order chi connectivity index (χ1) is 12.0. The summed E-state index contributed by atoms with van der Waals surface area (Å²) in [6, 6.07) is 0.404. The average Bonchev–Trinajstić information content (AvgIpc) is 2.89. The van der Waals surface area contributed by atoms with Crippen molar-refractivity contribution in [2.75, 3.05) is 37.6 Å². The van der Waals surface area contributed by atoms with Crippen molar-refractivity contribution in [3.63, 3.8) is 0 Å². The number of fused-ring (bicyclic) bond motifs is 1. The minimum atomic E-state index is -0.483. The van der Waals surface area contributed by atoms with E-state index in [9.17, 15) is 9.90 Å². The number of hydrogen-bond donors (Lipinski definition) is 2. The lowest BCUT2D eigenvalue weighted by atomic mass is 10.1. The van der Waals surface area contributed by atoms with Crippen LogP contribution in [0.5, 0.6) is 0 Å². The summed E-state index contributed by atoms with van der Waals surface area (Å²) in [7, 11) is 0. The van der Waals surface area contributed by atoms with Crippen LogP contribution in [-0.2, 0) is 4.79 Å². The van der Waals surface area contributed by atoms with Crippen molar-refractivity contribution in [2.45, 2.75) is 51.7 Å². The second-order valence-corrected chi connectivity index (χ2v) is 7.38. The minimum absolute atomic E-state index is 0. The highest BCUT2D eigenvalue weighted by Gasteiger charge is 2.33. The Hall–Kier alpha value is -1.44. The molecule has 1 aliphatic heterocycles. The van der Waals surface area contributed by atoms with E-state index < -0.39 is 6.10 Å². The zero-order chi connectivity index (χ0) is 18.0. The van der Waals surface area contributed by atoms with Crippen LogP contribution in [0.2, 0.25) is 0 Å². The molecule has 0 unspecified atom stereocenters. The maximum atomic E-state index is 12.3. The minimum Gasteiger partial charge on any atom is -0.387 e. The van der Waals surface area contributed by atoms with Crippen molar-refractivity contribution in [1.29, 1.82) is 0 Å². The molecular weight excluding hydrogens is 354 g/mol. The van der Waals surface area contributed by atoms with Gasteiger partial charge in [-0.2, -0.15) is 0 Å². The number of carbonyl (C=O) groups is 1. The van der Waals surface area contributed by atoms with E-state index in [4.69, 9.17) is 0 Å². The number of halogens is 1. The number of anilines is 1. The normalized spacial score (nSPS) is 22.3. The van der Waals surface area contributed by atoms with E-state index in [-0.39, 0.29) is 24.2 Å². The van der Waals surface area contributed by atoms with Gasteiger partial charge in [0.1, 0.15) is 12.1 Å². The number of hydrogen-bond acceptors (Lipinski definition) is 6. The molecular formula is C18H30ClN5O2. The third-order valence-electron chi connectivity index (χ3n) is 5.10. The van der Waals surface area contributed by atoms with Gasteiger partial charge in [-0.15, -0.1) is 12.4 Å². The van der Waals surface area contributed by atoms with Crippen LogP contribution >= 0.6 is 12.4 Å². The van der Waals surface area contributed by atoms with Crippen LogP contribution in [0.15, 0.2) is 6.33 Å². The molecule has 2 N–H and O–H groups in total. The number of aromatic nitrogens is 2. The summed E-state index contributed by atoms with van der Waals surface area (Å²) in [4.78, 5) is 25.2. The number of nitrogens with zero attached hydrogens (tertiary/aromatic N) is 4. The van der Waals surface area contributed by atoms with Crippen molar-refractivity contribution in [2.24, 2.45) is 0 Å². The fourth-order valence-electron chi connectivity index (χ4n) is 3.75. The molecule has 2 heterocycles. The van der Waals surface area contributed by atoms with E-state index in [0.717, 1.165) is 49.8 Å². The first kappa shape index (κ1) is 20.9. The van der Waals surface area contributed by atoms with Crippen LogP contribution in [0.25, 0.3) is 0 Å². The lowest BCUT2D eigenvalue weighted by Gasteiger charge is -2.36. The maximum absolute atomic E-state index is 12.3. The van der Waals surface area contributed by atoms with Gasteiger partial charge >= 0.3 is 0 Å². The fourth-order valence-corrected chi connectivity index (χ4v) is 3.75. The van der Waals surface area contributed by atoms with E-state index in [1.54, 1.807) is 6.33 Å². The van der Waals surface area contributed by atoms with Gasteiger partial charge in [0.2, 0.25) is 5.91 Å². The number of nitrogens with one attached hydrogen (secondary N) is 1. The van der Waals surface area contributed by atoms with Gasteiger partial charge in [-0.3, -0.25) is 4.79 Å². The molecule has 0 saturated carbocycles. The summed E-state index contributed by atoms with van der Waals surface area (Å²) in [6.07, 6.45) is 2.32. The van der Waals surface area contributed by atoms with Gasteiger partial charge in [0.25, 0.3) is 0 Å². The monoisotopic (exact) mass is 383 g/mol. The fraction of sp³-hybridized carbons (Fsp3) is 0.722. The number of aliphatic hydroxyl groups is 1. The van der Waals surface area contributed by atoms with Gasteiger partial charge in [-0.05, 0) is 12.3 Å². The van der Waals surface area contributed by atoms with Crippen LogP contribution in [0, 0.1) is 0 Å². The van der Waals surface area contributed by atoms with Crippen LogP contribution in [0.3, 0.4) is 0 Å². The largest absolute Gasteiger partial charge is 0.387 e. The zero-order valence-electron chi connectivity index (χ0n) is 15.8. The molecule has 0 aromatic carbocycles. The van der Waals surface area contributed by atoms with E-state index in [0.29, 0.717) is 18.9 Å². The molecule has 3 rings (SSSR count). The Labute approximate surface area is 161 Å². The molecule has 0 radical (unpaired) electrons. The Morgan fingerprint density at radius 1 is 1.31 bits per heavy atom. The molecule has 2 atom stereocenters. The van der Waals surface area contributed by atoms with E-state index >= 15 is 0 Å². The number of rotatable bonds is 5. The van der Waals surface area contributed by atoms with Crippen LogP contribution in [0.4, 0.5) is 5.82 Å². The Morgan fingerprint density at radius 2 is 2.00 bits per heavy atom. The predicted molar refractivity (Wildman–Crippen MR) is 104 cm³/mol. The second-order valence-electron chi connectivity index (χ2n) is 7.38. The van der Waals surface area contributed by atoms with Crippen molar-refractivity contribution in [3.8, 4) is 0 Å². The highest BCUT2D eigenvalue weighted by atomic mass is 35.5. The van der Waals surface area contributed by atoms with Gasteiger partial charge in [-0.1, -0.05) is 20.8 Å². The molecule has 1 fully saturated rings. The molecule has 1 saturated heterocycles. The summed E-state index contributed by atoms with van der Waals surface area (Å²) in [5.74, 6) is 1.41. The van der Waals surface area contributed by atoms with Crippen LogP contribution in [-0.4, -0.2) is 64.6 Å². The van der Waals surface area contributed by atoms with Gasteiger partial charge in [0.15, 0.2) is 0 Å². The number of amides is 1. The Morgan fingerprint density at radius 3 is 2.65 bits per heavy atom. The lowest BCUT2D eigenvalue weighted by Crippen LogP contribution is -2.49. The first-order valence-electron chi connectivity index (χ1n) is 9.26. The molecule has 1 aromatic heterocycles. The molecule has 1 aliphatic carbocycles. The first-order valence-corrected chi connectivity index (χ1v) is 9.26. The zero-order valence-corrected chi connectivity index (χ0v) is 16.6. The van der Waals surface area contributed by atoms with Gasteiger partial charge < -0.3 is 20.2 Å². The summed E-state index contributed by atoms with van der Waals surface area (Å²) in [5, 5.41) is 13.4. The van der Waals surface area contributed by atoms with Crippen molar-refractivity contribution >= 4 is 24.1 Å². The Balaban J connectivity index is 0.00000243. The smallest absolute Gasteiger partial charge is 0.223 e. The third kappa shape index (κ3) is 4.45. The number of piperazine rings is 1. The molecule has 0 bridgehead atoms. The highest BCUT2D eigenvalue weighted by Crippen LogP contribution is 2.42. The third-order valence-corrected chi connectivity index (χ3v) is 5.10. The average molecular weight is 384 g/mol. The van der Waals surface area contributed by atoms with E-state index in [1.807, 2.05) is 4.90 Å². The Kier molecular flexibility index (Phi) is 7.20. The second kappa shape index (κ2) is 8.97. The van der Waals surface area contributed by atoms with Gasteiger partial charge in [0, 0.05) is 50.7 Å². The quantitative estimate of drug-likeness (QED) is 0.801. The van der Waals surface area contributed by atoms with E-state index in [2.05, 4.69) is 41.0 Å². The summed E-state index contributed by atoms with van der Waals surface area (Å²) < 4.78 is 0. The number of aliphatic hydroxyl groups excluding tert-OH is 1. The molecule has 1 aromatic rings. The molecule has 0 spiro atoms. The molecule has 2 aliphatic rings. The summed E-state index contributed by atoms with van der Waals surface area (Å²) in [6.45, 7) is 10.00. The molecule has 1 amide bonds. The topological polar surface area (TPSA) is 81.6 Å². The highest BCUT2D eigenvalue weighted by molar-refractivity contribution is 5.85. The molecule has 7 nitrogen and oxygen atoms in total. The van der Waals surface area contributed by atoms with Crippen LogP contribution in [0.1, 0.15) is 56.9 Å². The Bertz CT molecular complexity index is 620. The van der Waals surface area contributed by atoms with Crippen molar-refractivity contribution in [3.05, 3.63) is 17.6 Å². The molecule has 26 heavy (non-hydrogen) atoms. The van der Waals surface area contributed by atoms with Crippen LogP contribution < -0.4 is 10.2 Å². The number of carbonyl (C=O) groups excluding carboxylic acids is 1. The van der Waals surface area contributed by atoms with Crippen molar-refractivity contribution in [1.82, 2.24) is 20.2 Å². The van der Waals surface area contributed by atoms with Gasteiger partial charge in [0.05, 0.1) is 11.8 Å².